The molecule has 4 aromatic carbocycles. The molecule has 4 nitrogen and oxygen atoms in total. The zero-order chi connectivity index (χ0) is 23.8. The average Bonchev–Trinajstić information content (AvgIpc) is 2.86. The number of hydrogen-bond acceptors (Lipinski definition) is 4. The van der Waals surface area contributed by atoms with Crippen molar-refractivity contribution in [3.63, 3.8) is 0 Å². The van der Waals surface area contributed by atoms with Gasteiger partial charge in [0.15, 0.2) is 0 Å². The minimum Gasteiger partial charge on any atom is -0.508 e. The summed E-state index contributed by atoms with van der Waals surface area (Å²) in [6, 6.07) is 31.5. The second-order valence-electron chi connectivity index (χ2n) is 8.57. The summed E-state index contributed by atoms with van der Waals surface area (Å²) in [4.78, 5) is 0. The number of ether oxygens (including phenoxy) is 2. The van der Waals surface area contributed by atoms with Gasteiger partial charge in [0.05, 0.1) is 0 Å². The molecular formula is C30H30O4Y. The Morgan fingerprint density at radius 3 is 1.31 bits per heavy atom. The maximum atomic E-state index is 10.2. The van der Waals surface area contributed by atoms with Crippen LogP contribution in [0.2, 0.25) is 0 Å². The summed E-state index contributed by atoms with van der Waals surface area (Å²) in [6.45, 7) is 2.41. The predicted octanol–water partition coefficient (Wildman–Crippen LogP) is 5.70. The van der Waals surface area contributed by atoms with Gasteiger partial charge in [-0.1, -0.05) is 66.2 Å². The molecule has 0 aromatic heterocycles. The molecule has 0 spiro atoms. The molecule has 177 valence electrons. The molecule has 0 saturated heterocycles. The van der Waals surface area contributed by atoms with Crippen LogP contribution in [0.4, 0.5) is 0 Å². The van der Waals surface area contributed by atoms with Gasteiger partial charge < -0.3 is 19.7 Å². The van der Waals surface area contributed by atoms with E-state index in [1.807, 2.05) is 48.5 Å². The first-order valence-electron chi connectivity index (χ1n) is 11.5. The zero-order valence-corrected chi connectivity index (χ0v) is 22.8. The minimum atomic E-state index is -0.732. The number of aromatic hydroxyl groups is 1. The molecule has 1 radical (unpaired) electrons. The third kappa shape index (κ3) is 8.81. The van der Waals surface area contributed by atoms with Crippen molar-refractivity contribution in [1.82, 2.24) is 0 Å². The van der Waals surface area contributed by atoms with Crippen LogP contribution >= 0.6 is 0 Å². The van der Waals surface area contributed by atoms with Gasteiger partial charge in [0.25, 0.3) is 0 Å². The molecule has 2 N–H and O–H groups in total. The number of phenols is 1. The van der Waals surface area contributed by atoms with E-state index < -0.39 is 6.10 Å². The number of phenolic OH excluding ortho intramolecular Hbond substituents is 1. The Bertz CT molecular complexity index is 1060. The molecule has 0 heterocycles. The van der Waals surface area contributed by atoms with Crippen LogP contribution in [0.3, 0.4) is 0 Å². The second-order valence-corrected chi connectivity index (χ2v) is 8.57. The Morgan fingerprint density at radius 1 is 0.571 bits per heavy atom. The fraction of sp³-hybridized carbons (Fsp3) is 0.200. The molecule has 0 aliphatic rings. The number of aryl methyl sites for hydroxylation is 1. The summed E-state index contributed by atoms with van der Waals surface area (Å²) < 4.78 is 11.4. The number of hydrogen-bond donors (Lipinski definition) is 2. The molecule has 0 fully saturated rings. The summed E-state index contributed by atoms with van der Waals surface area (Å²) in [6.07, 6.45) is 0.926. The molecule has 5 heteroatoms. The van der Waals surface area contributed by atoms with E-state index in [0.717, 1.165) is 29.7 Å². The maximum absolute atomic E-state index is 10.2. The Balaban J connectivity index is 0.00000342. The van der Waals surface area contributed by atoms with Crippen molar-refractivity contribution >= 4 is 0 Å². The molecule has 1 atom stereocenters. The average molecular weight is 543 g/mol. The van der Waals surface area contributed by atoms with Crippen molar-refractivity contribution in [3.8, 4) is 17.2 Å². The van der Waals surface area contributed by atoms with Gasteiger partial charge in [-0.25, -0.2) is 0 Å². The van der Waals surface area contributed by atoms with E-state index in [9.17, 15) is 10.2 Å². The monoisotopic (exact) mass is 543 g/mol. The zero-order valence-electron chi connectivity index (χ0n) is 19.9. The summed E-state index contributed by atoms with van der Waals surface area (Å²) in [5.74, 6) is 1.70. The maximum Gasteiger partial charge on any atom is 0.122 e. The van der Waals surface area contributed by atoms with Crippen molar-refractivity contribution in [3.05, 3.63) is 125 Å². The molecule has 35 heavy (non-hydrogen) atoms. The number of aliphatic hydroxyl groups excluding tert-OH is 1. The van der Waals surface area contributed by atoms with E-state index in [1.165, 1.54) is 16.7 Å². The van der Waals surface area contributed by atoms with E-state index in [1.54, 1.807) is 12.1 Å². The van der Waals surface area contributed by atoms with Crippen LogP contribution < -0.4 is 9.47 Å². The molecule has 0 amide bonds. The number of aliphatic hydroxyl groups is 1. The van der Waals surface area contributed by atoms with E-state index in [2.05, 4.69) is 43.3 Å². The normalized spacial score (nSPS) is 11.4. The first-order valence-corrected chi connectivity index (χ1v) is 11.5. The van der Waals surface area contributed by atoms with Crippen LogP contribution in [0, 0.1) is 6.92 Å². The summed E-state index contributed by atoms with van der Waals surface area (Å²) >= 11 is 0. The van der Waals surface area contributed by atoms with Crippen LogP contribution in [0.1, 0.15) is 27.8 Å². The van der Waals surface area contributed by atoms with Gasteiger partial charge in [-0.15, -0.1) is 0 Å². The fourth-order valence-electron chi connectivity index (χ4n) is 3.63. The molecular weight excluding hydrogens is 513 g/mol. The van der Waals surface area contributed by atoms with Crippen LogP contribution in [0.25, 0.3) is 0 Å². The first kappa shape index (κ1) is 26.9. The SMILES string of the molecule is Cc1ccc(Cc2ccc(OCC(O)COc3ccc(Cc4ccc(O)cc4)cc3)cc2)cc1.[Y]. The molecule has 4 rings (SSSR count). The van der Waals surface area contributed by atoms with Gasteiger partial charge in [-0.3, -0.25) is 0 Å². The van der Waals surface area contributed by atoms with Gasteiger partial charge in [-0.05, 0) is 78.4 Å². The molecule has 1 unspecified atom stereocenters. The van der Waals surface area contributed by atoms with E-state index >= 15 is 0 Å². The Morgan fingerprint density at radius 2 is 0.914 bits per heavy atom. The van der Waals surface area contributed by atoms with Gasteiger partial charge >= 0.3 is 0 Å². The van der Waals surface area contributed by atoms with Crippen LogP contribution in [-0.4, -0.2) is 29.5 Å². The third-order valence-electron chi connectivity index (χ3n) is 5.60. The topological polar surface area (TPSA) is 58.9 Å². The largest absolute Gasteiger partial charge is 0.508 e. The van der Waals surface area contributed by atoms with E-state index in [4.69, 9.17) is 9.47 Å². The van der Waals surface area contributed by atoms with Crippen LogP contribution in [0.5, 0.6) is 17.2 Å². The second kappa shape index (κ2) is 13.4. The Hall–Kier alpha value is -2.66. The van der Waals surface area contributed by atoms with Gasteiger partial charge in [0.2, 0.25) is 0 Å². The summed E-state index contributed by atoms with van der Waals surface area (Å²) in [7, 11) is 0. The van der Waals surface area contributed by atoms with Gasteiger partial charge in [0, 0.05) is 32.7 Å². The molecule has 0 saturated carbocycles. The van der Waals surface area contributed by atoms with E-state index in [0.29, 0.717) is 5.75 Å². The molecule has 0 bridgehead atoms. The number of benzene rings is 4. The number of rotatable bonds is 10. The quantitative estimate of drug-likeness (QED) is 0.270. The van der Waals surface area contributed by atoms with Crippen LogP contribution in [-0.2, 0) is 45.6 Å². The minimum absolute atomic E-state index is 0. The Labute approximate surface area is 232 Å². The smallest absolute Gasteiger partial charge is 0.122 e. The molecule has 0 aliphatic carbocycles. The van der Waals surface area contributed by atoms with Crippen molar-refractivity contribution < 1.29 is 52.4 Å². The van der Waals surface area contributed by atoms with Gasteiger partial charge in [-0.2, -0.15) is 0 Å². The summed E-state index contributed by atoms with van der Waals surface area (Å²) in [5.41, 5.74) is 6.03. The first-order chi connectivity index (χ1) is 16.5. The third-order valence-corrected chi connectivity index (χ3v) is 5.60. The standard InChI is InChI=1S/C30H30O4.Y/c1-22-2-4-23(5-3-22)18-25-8-14-29(15-9-25)33-20-28(32)21-34-30-16-10-26(11-17-30)19-24-6-12-27(31)13-7-24;/h2-17,28,31-32H,18-21H2,1H3;. The van der Waals surface area contributed by atoms with Crippen molar-refractivity contribution in [2.45, 2.75) is 25.9 Å². The molecule has 4 aromatic rings. The fourth-order valence-corrected chi connectivity index (χ4v) is 3.63. The van der Waals surface area contributed by atoms with Crippen molar-refractivity contribution in [1.29, 1.82) is 0 Å². The van der Waals surface area contributed by atoms with E-state index in [-0.39, 0.29) is 51.7 Å². The predicted molar refractivity (Wildman–Crippen MR) is 135 cm³/mol. The van der Waals surface area contributed by atoms with Crippen molar-refractivity contribution in [2.75, 3.05) is 13.2 Å². The van der Waals surface area contributed by atoms with Gasteiger partial charge in [0.1, 0.15) is 36.6 Å². The van der Waals surface area contributed by atoms with Crippen molar-refractivity contribution in [2.24, 2.45) is 0 Å². The van der Waals surface area contributed by atoms with Crippen LogP contribution in [0.15, 0.2) is 97.1 Å². The Kier molecular flexibility index (Phi) is 10.3. The molecule has 0 aliphatic heterocycles. The summed E-state index contributed by atoms with van der Waals surface area (Å²) in [5, 5.41) is 19.6.